The lowest BCUT2D eigenvalue weighted by molar-refractivity contribution is 0.482. The average Bonchev–Trinajstić information content (AvgIpc) is 2.78. The fourth-order valence-electron chi connectivity index (χ4n) is 3.25. The second kappa shape index (κ2) is 10.6. The van der Waals surface area contributed by atoms with Crippen molar-refractivity contribution in [3.8, 4) is 11.5 Å². The highest BCUT2D eigenvalue weighted by Crippen LogP contribution is 2.24. The Morgan fingerprint density at radius 3 is 0.968 bits per heavy atom. The molecule has 0 aliphatic carbocycles. The summed E-state index contributed by atoms with van der Waals surface area (Å²) in [5.74, 6) is 2.23. The van der Waals surface area contributed by atoms with Crippen LogP contribution in [0.25, 0.3) is 0 Å². The van der Waals surface area contributed by atoms with E-state index in [0.717, 1.165) is 11.5 Å². The Morgan fingerprint density at radius 1 is 0.419 bits per heavy atom. The Balaban J connectivity index is 0.000000176. The van der Waals surface area contributed by atoms with Crippen LogP contribution >= 0.6 is 0 Å². The van der Waals surface area contributed by atoms with Gasteiger partial charge in [0.15, 0.2) is 0 Å². The van der Waals surface area contributed by atoms with E-state index in [9.17, 15) is 0 Å². The van der Waals surface area contributed by atoms with Crippen molar-refractivity contribution >= 4 is 0 Å². The van der Waals surface area contributed by atoms with Crippen molar-refractivity contribution in [1.82, 2.24) is 0 Å². The Labute approximate surface area is 187 Å². The topological polar surface area (TPSA) is 9.23 Å². The molecule has 31 heavy (non-hydrogen) atoms. The van der Waals surface area contributed by atoms with Gasteiger partial charge in [-0.25, -0.2) is 0 Å². The molecule has 0 unspecified atom stereocenters. The molecule has 1 heteroatoms. The van der Waals surface area contributed by atoms with Gasteiger partial charge in [0, 0.05) is 5.92 Å². The first-order valence-electron chi connectivity index (χ1n) is 10.8. The molecular formula is C30H32O. The highest BCUT2D eigenvalue weighted by atomic mass is 16.5. The molecule has 1 nitrogen and oxygen atoms in total. The number of rotatable bonds is 4. The molecule has 0 atom stereocenters. The Morgan fingerprint density at radius 2 is 0.677 bits per heavy atom. The summed E-state index contributed by atoms with van der Waals surface area (Å²) in [6.07, 6.45) is 0. The van der Waals surface area contributed by atoms with Crippen LogP contribution in [0.3, 0.4) is 0 Å². The molecule has 0 aliphatic heterocycles. The van der Waals surface area contributed by atoms with Crippen LogP contribution in [0.15, 0.2) is 97.1 Å². The Bertz CT molecular complexity index is 968. The molecule has 0 amide bonds. The standard InChI is InChI=1S/C16H18.C14H14O/c1-12-4-8-15(9-5-12)14(3)16-10-6-13(2)7-11-16;1-11-3-7-13(8-4-11)15-14-9-5-12(2)6-10-14/h4-11,14H,1-3H3;3-10H,1-2H3. The predicted octanol–water partition coefficient (Wildman–Crippen LogP) is 8.55. The van der Waals surface area contributed by atoms with Crippen molar-refractivity contribution in [2.45, 2.75) is 40.5 Å². The molecule has 0 bridgehead atoms. The lowest BCUT2D eigenvalue weighted by Crippen LogP contribution is -1.95. The van der Waals surface area contributed by atoms with Gasteiger partial charge in [-0.1, -0.05) is 102 Å². The Hall–Kier alpha value is -3.32. The molecule has 4 rings (SSSR count). The normalized spacial score (nSPS) is 10.4. The van der Waals surface area contributed by atoms with E-state index in [1.54, 1.807) is 0 Å². The highest BCUT2D eigenvalue weighted by molar-refractivity contribution is 5.35. The summed E-state index contributed by atoms with van der Waals surface area (Å²) in [5.41, 5.74) is 7.89. The van der Waals surface area contributed by atoms with Crippen LogP contribution in [0, 0.1) is 27.7 Å². The van der Waals surface area contributed by atoms with Gasteiger partial charge in [0.25, 0.3) is 0 Å². The van der Waals surface area contributed by atoms with Crippen molar-refractivity contribution in [3.05, 3.63) is 130 Å². The number of aryl methyl sites for hydroxylation is 4. The van der Waals surface area contributed by atoms with Crippen molar-refractivity contribution in [2.24, 2.45) is 0 Å². The van der Waals surface area contributed by atoms with Gasteiger partial charge < -0.3 is 4.74 Å². The van der Waals surface area contributed by atoms with Crippen molar-refractivity contribution in [1.29, 1.82) is 0 Å². The monoisotopic (exact) mass is 408 g/mol. The van der Waals surface area contributed by atoms with E-state index < -0.39 is 0 Å². The molecule has 0 spiro atoms. The SMILES string of the molecule is Cc1ccc(C(C)c2ccc(C)cc2)cc1.Cc1ccc(Oc2ccc(C)cc2)cc1. The van der Waals surface area contributed by atoms with Crippen molar-refractivity contribution < 1.29 is 4.74 Å². The predicted molar refractivity (Wildman–Crippen MR) is 132 cm³/mol. The van der Waals surface area contributed by atoms with E-state index in [-0.39, 0.29) is 0 Å². The minimum atomic E-state index is 0.473. The van der Waals surface area contributed by atoms with Crippen LogP contribution in [0.2, 0.25) is 0 Å². The van der Waals surface area contributed by atoms with Gasteiger partial charge in [-0.05, 0) is 63.1 Å². The molecule has 158 valence electrons. The highest BCUT2D eigenvalue weighted by Gasteiger charge is 2.07. The second-order valence-corrected chi connectivity index (χ2v) is 8.27. The molecule has 0 N–H and O–H groups in total. The van der Waals surface area contributed by atoms with E-state index >= 15 is 0 Å². The minimum Gasteiger partial charge on any atom is -0.457 e. The fourth-order valence-corrected chi connectivity index (χ4v) is 3.25. The summed E-state index contributed by atoms with van der Waals surface area (Å²) in [6, 6.07) is 33.7. The van der Waals surface area contributed by atoms with E-state index in [1.807, 2.05) is 48.5 Å². The zero-order valence-corrected chi connectivity index (χ0v) is 19.2. The van der Waals surface area contributed by atoms with E-state index in [4.69, 9.17) is 4.74 Å². The number of ether oxygens (including phenoxy) is 1. The smallest absolute Gasteiger partial charge is 0.127 e. The van der Waals surface area contributed by atoms with Gasteiger partial charge in [0.2, 0.25) is 0 Å². The summed E-state index contributed by atoms with van der Waals surface area (Å²) in [5, 5.41) is 0. The molecular weight excluding hydrogens is 376 g/mol. The van der Waals surface area contributed by atoms with E-state index in [2.05, 4.69) is 83.1 Å². The zero-order valence-electron chi connectivity index (χ0n) is 19.2. The van der Waals surface area contributed by atoms with Crippen LogP contribution in [0.4, 0.5) is 0 Å². The third-order valence-corrected chi connectivity index (χ3v) is 5.43. The van der Waals surface area contributed by atoms with Crippen LogP contribution < -0.4 is 4.74 Å². The van der Waals surface area contributed by atoms with Crippen LogP contribution in [0.1, 0.15) is 46.2 Å². The first-order valence-corrected chi connectivity index (χ1v) is 10.8. The molecule has 4 aromatic carbocycles. The third kappa shape index (κ3) is 6.86. The van der Waals surface area contributed by atoms with Crippen LogP contribution in [0.5, 0.6) is 11.5 Å². The second-order valence-electron chi connectivity index (χ2n) is 8.27. The number of benzene rings is 4. The van der Waals surface area contributed by atoms with Gasteiger partial charge in [0.1, 0.15) is 11.5 Å². The van der Waals surface area contributed by atoms with Gasteiger partial charge in [-0.2, -0.15) is 0 Å². The molecule has 0 aromatic heterocycles. The molecule has 0 radical (unpaired) electrons. The number of hydrogen-bond donors (Lipinski definition) is 0. The lowest BCUT2D eigenvalue weighted by Gasteiger charge is -2.12. The van der Waals surface area contributed by atoms with Crippen molar-refractivity contribution in [3.63, 3.8) is 0 Å². The summed E-state index contributed by atoms with van der Waals surface area (Å²) in [6.45, 7) is 10.6. The molecule has 0 saturated heterocycles. The molecule has 0 fully saturated rings. The summed E-state index contributed by atoms with van der Waals surface area (Å²) in [4.78, 5) is 0. The largest absolute Gasteiger partial charge is 0.457 e. The molecule has 0 saturated carbocycles. The fraction of sp³-hybridized carbons (Fsp3) is 0.200. The van der Waals surface area contributed by atoms with E-state index in [0.29, 0.717) is 5.92 Å². The van der Waals surface area contributed by atoms with Crippen molar-refractivity contribution in [2.75, 3.05) is 0 Å². The maximum Gasteiger partial charge on any atom is 0.127 e. The minimum absolute atomic E-state index is 0.473. The lowest BCUT2D eigenvalue weighted by atomic mass is 9.92. The van der Waals surface area contributed by atoms with Crippen LogP contribution in [-0.4, -0.2) is 0 Å². The zero-order chi connectivity index (χ0) is 22.2. The number of hydrogen-bond acceptors (Lipinski definition) is 1. The van der Waals surface area contributed by atoms with Gasteiger partial charge >= 0.3 is 0 Å². The molecule has 4 aromatic rings. The molecule has 0 aliphatic rings. The average molecular weight is 409 g/mol. The summed E-state index contributed by atoms with van der Waals surface area (Å²) < 4.78 is 5.69. The summed E-state index contributed by atoms with van der Waals surface area (Å²) >= 11 is 0. The maximum absolute atomic E-state index is 5.69. The van der Waals surface area contributed by atoms with Gasteiger partial charge in [0.05, 0.1) is 0 Å². The maximum atomic E-state index is 5.69. The first kappa shape index (κ1) is 22.4. The van der Waals surface area contributed by atoms with E-state index in [1.165, 1.54) is 33.4 Å². The quantitative estimate of drug-likeness (QED) is 0.329. The molecule has 0 heterocycles. The third-order valence-electron chi connectivity index (χ3n) is 5.43. The van der Waals surface area contributed by atoms with Gasteiger partial charge in [-0.3, -0.25) is 0 Å². The Kier molecular flexibility index (Phi) is 7.67. The summed E-state index contributed by atoms with van der Waals surface area (Å²) in [7, 11) is 0. The van der Waals surface area contributed by atoms with Crippen LogP contribution in [-0.2, 0) is 0 Å². The van der Waals surface area contributed by atoms with Gasteiger partial charge in [-0.15, -0.1) is 0 Å². The first-order chi connectivity index (χ1) is 14.9.